The summed E-state index contributed by atoms with van der Waals surface area (Å²) < 4.78 is 34.5. The van der Waals surface area contributed by atoms with E-state index in [0.717, 1.165) is 16.5 Å². The number of nitrogens with zero attached hydrogens (tertiary/aromatic N) is 4. The first-order valence-corrected chi connectivity index (χ1v) is 11.1. The van der Waals surface area contributed by atoms with E-state index in [0.29, 0.717) is 32.0 Å². The smallest absolute Gasteiger partial charge is 0.323 e. The van der Waals surface area contributed by atoms with Crippen LogP contribution in [0.5, 0.6) is 5.88 Å². The molecular weight excluding hydrogens is 408 g/mol. The first-order valence-electron chi connectivity index (χ1n) is 9.63. The standard InChI is InChI=1S/C20H22N4O5S/c1-2-29-19-4-3-15(9-22-19)30(27,28)24-8-6-14(11-24)17-12-23(13-20(25)26)18-10-21-7-5-16(17)18/h3-5,7,9-10,12,14H,2,6,8,11,13H2,1H3,(H,25,26). The van der Waals surface area contributed by atoms with Crippen molar-refractivity contribution in [3.63, 3.8) is 0 Å². The lowest BCUT2D eigenvalue weighted by atomic mass is 9.98. The summed E-state index contributed by atoms with van der Waals surface area (Å²) in [6.45, 7) is 2.83. The Bertz CT molecular complexity index is 1170. The van der Waals surface area contributed by atoms with E-state index >= 15 is 0 Å². The minimum absolute atomic E-state index is 0.0321. The van der Waals surface area contributed by atoms with Crippen molar-refractivity contribution in [3.05, 3.63) is 48.5 Å². The van der Waals surface area contributed by atoms with Gasteiger partial charge in [0.25, 0.3) is 0 Å². The summed E-state index contributed by atoms with van der Waals surface area (Å²) in [5.74, 6) is -0.591. The predicted octanol–water partition coefficient (Wildman–Crippen LogP) is 2.09. The summed E-state index contributed by atoms with van der Waals surface area (Å²) in [6, 6.07) is 4.90. The molecule has 9 nitrogen and oxygen atoms in total. The van der Waals surface area contributed by atoms with Crippen molar-refractivity contribution in [2.45, 2.75) is 30.7 Å². The Morgan fingerprint density at radius 3 is 2.83 bits per heavy atom. The van der Waals surface area contributed by atoms with Gasteiger partial charge in [-0.2, -0.15) is 4.31 Å². The molecule has 1 saturated heterocycles. The van der Waals surface area contributed by atoms with Crippen molar-refractivity contribution in [1.82, 2.24) is 18.8 Å². The number of ether oxygens (including phenoxy) is 1. The van der Waals surface area contributed by atoms with Gasteiger partial charge in [-0.1, -0.05) is 0 Å². The van der Waals surface area contributed by atoms with Crippen LogP contribution in [0, 0.1) is 0 Å². The second kappa shape index (κ2) is 8.04. The van der Waals surface area contributed by atoms with Crippen LogP contribution in [0.3, 0.4) is 0 Å². The number of carboxylic acid groups (broad SMARTS) is 1. The first-order chi connectivity index (χ1) is 14.4. The molecule has 1 fully saturated rings. The van der Waals surface area contributed by atoms with Gasteiger partial charge in [0, 0.05) is 42.9 Å². The third-order valence-corrected chi connectivity index (χ3v) is 7.10. The molecule has 0 saturated carbocycles. The fourth-order valence-corrected chi connectivity index (χ4v) is 5.32. The second-order valence-corrected chi connectivity index (χ2v) is 9.05. The number of sulfonamides is 1. The van der Waals surface area contributed by atoms with Gasteiger partial charge in [0.1, 0.15) is 11.4 Å². The average Bonchev–Trinajstić information content (AvgIpc) is 3.34. The van der Waals surface area contributed by atoms with Crippen LogP contribution in [0.2, 0.25) is 0 Å². The minimum Gasteiger partial charge on any atom is -0.480 e. The van der Waals surface area contributed by atoms with Crippen LogP contribution in [-0.4, -0.2) is 58.0 Å². The van der Waals surface area contributed by atoms with Crippen molar-refractivity contribution in [2.24, 2.45) is 0 Å². The fraction of sp³-hybridized carbons (Fsp3) is 0.350. The van der Waals surface area contributed by atoms with Crippen LogP contribution < -0.4 is 4.74 Å². The molecule has 0 bridgehead atoms. The summed E-state index contributed by atoms with van der Waals surface area (Å²) >= 11 is 0. The lowest BCUT2D eigenvalue weighted by Crippen LogP contribution is -2.28. The Hall–Kier alpha value is -2.98. The maximum atomic E-state index is 13.0. The van der Waals surface area contributed by atoms with Gasteiger partial charge in [0.05, 0.1) is 24.5 Å². The monoisotopic (exact) mass is 430 g/mol. The molecule has 3 aromatic rings. The summed E-state index contributed by atoms with van der Waals surface area (Å²) in [7, 11) is -3.67. The molecule has 1 aliphatic rings. The number of carboxylic acids is 1. The lowest BCUT2D eigenvalue weighted by Gasteiger charge is -2.16. The third kappa shape index (κ3) is 3.75. The molecule has 1 aliphatic heterocycles. The maximum Gasteiger partial charge on any atom is 0.323 e. The lowest BCUT2D eigenvalue weighted by molar-refractivity contribution is -0.137. The molecule has 3 aromatic heterocycles. The van der Waals surface area contributed by atoms with Crippen LogP contribution >= 0.6 is 0 Å². The number of hydrogen-bond acceptors (Lipinski definition) is 6. The van der Waals surface area contributed by atoms with E-state index in [2.05, 4.69) is 9.97 Å². The third-order valence-electron chi connectivity index (χ3n) is 5.25. The number of rotatable bonds is 7. The number of carbonyl (C=O) groups is 1. The van der Waals surface area contributed by atoms with Crippen LogP contribution in [0.1, 0.15) is 24.8 Å². The summed E-state index contributed by atoms with van der Waals surface area (Å²) in [4.78, 5) is 19.5. The number of fused-ring (bicyclic) bond motifs is 1. The van der Waals surface area contributed by atoms with Crippen LogP contribution in [-0.2, 0) is 21.4 Å². The molecule has 10 heteroatoms. The van der Waals surface area contributed by atoms with E-state index in [9.17, 15) is 18.3 Å². The number of aromatic nitrogens is 3. The van der Waals surface area contributed by atoms with Crippen molar-refractivity contribution in [3.8, 4) is 5.88 Å². The topological polar surface area (TPSA) is 115 Å². The number of hydrogen-bond donors (Lipinski definition) is 1. The Morgan fingerprint density at radius 1 is 1.30 bits per heavy atom. The normalized spacial score (nSPS) is 17.4. The number of pyridine rings is 2. The van der Waals surface area contributed by atoms with Gasteiger partial charge in [0.2, 0.25) is 15.9 Å². The largest absolute Gasteiger partial charge is 0.480 e. The molecule has 1 unspecified atom stereocenters. The van der Waals surface area contributed by atoms with E-state index in [-0.39, 0.29) is 17.4 Å². The van der Waals surface area contributed by atoms with Crippen LogP contribution in [0.25, 0.3) is 10.9 Å². The molecule has 0 radical (unpaired) electrons. The van der Waals surface area contributed by atoms with E-state index in [1.54, 1.807) is 29.2 Å². The molecule has 4 rings (SSSR count). The molecule has 1 atom stereocenters. The van der Waals surface area contributed by atoms with Crippen LogP contribution in [0.15, 0.2) is 47.9 Å². The Morgan fingerprint density at radius 2 is 2.13 bits per heavy atom. The van der Waals surface area contributed by atoms with E-state index in [4.69, 9.17) is 4.74 Å². The zero-order valence-corrected chi connectivity index (χ0v) is 17.2. The summed E-state index contributed by atoms with van der Waals surface area (Å²) in [6.07, 6.45) is 7.07. The fourth-order valence-electron chi connectivity index (χ4n) is 3.87. The SMILES string of the molecule is CCOc1ccc(S(=O)(=O)N2CCC(c3cn(CC(=O)O)c4cnccc34)C2)cn1. The van der Waals surface area contributed by atoms with E-state index < -0.39 is 16.0 Å². The van der Waals surface area contributed by atoms with Gasteiger partial charge in [0.15, 0.2) is 0 Å². The predicted molar refractivity (Wildman–Crippen MR) is 109 cm³/mol. The highest BCUT2D eigenvalue weighted by Crippen LogP contribution is 2.35. The molecule has 0 amide bonds. The molecule has 1 N–H and O–H groups in total. The highest BCUT2D eigenvalue weighted by atomic mass is 32.2. The number of aliphatic carboxylic acids is 1. The minimum atomic E-state index is -3.67. The van der Waals surface area contributed by atoms with Gasteiger partial charge >= 0.3 is 5.97 Å². The molecule has 0 aromatic carbocycles. The molecule has 30 heavy (non-hydrogen) atoms. The van der Waals surface area contributed by atoms with Crippen molar-refractivity contribution in [2.75, 3.05) is 19.7 Å². The zero-order valence-electron chi connectivity index (χ0n) is 16.4. The molecule has 0 aliphatic carbocycles. The van der Waals surface area contributed by atoms with Gasteiger partial charge in [-0.15, -0.1) is 0 Å². The summed E-state index contributed by atoms with van der Waals surface area (Å²) in [5, 5.41) is 10.1. The Balaban J connectivity index is 1.59. The maximum absolute atomic E-state index is 13.0. The van der Waals surface area contributed by atoms with Crippen molar-refractivity contribution >= 4 is 26.9 Å². The van der Waals surface area contributed by atoms with E-state index in [1.807, 2.05) is 13.0 Å². The first kappa shape index (κ1) is 20.3. The molecule has 0 spiro atoms. The Labute approximate surface area is 174 Å². The van der Waals surface area contributed by atoms with Gasteiger partial charge in [-0.25, -0.2) is 13.4 Å². The van der Waals surface area contributed by atoms with Gasteiger partial charge in [-0.05, 0) is 31.0 Å². The quantitative estimate of drug-likeness (QED) is 0.610. The molecule has 158 valence electrons. The molecule has 4 heterocycles. The van der Waals surface area contributed by atoms with Crippen LogP contribution in [0.4, 0.5) is 0 Å². The zero-order chi connectivity index (χ0) is 21.3. The highest BCUT2D eigenvalue weighted by Gasteiger charge is 2.34. The second-order valence-electron chi connectivity index (χ2n) is 7.11. The summed E-state index contributed by atoms with van der Waals surface area (Å²) in [5.41, 5.74) is 1.67. The molecular formula is C20H22N4O5S. The van der Waals surface area contributed by atoms with Crippen molar-refractivity contribution in [1.29, 1.82) is 0 Å². The van der Waals surface area contributed by atoms with E-state index in [1.165, 1.54) is 16.6 Å². The van der Waals surface area contributed by atoms with Gasteiger partial charge in [-0.3, -0.25) is 9.78 Å². The van der Waals surface area contributed by atoms with Gasteiger partial charge < -0.3 is 14.4 Å². The Kier molecular flexibility index (Phi) is 5.44. The van der Waals surface area contributed by atoms with Crippen molar-refractivity contribution < 1.29 is 23.1 Å². The average molecular weight is 430 g/mol. The highest BCUT2D eigenvalue weighted by molar-refractivity contribution is 7.89.